The van der Waals surface area contributed by atoms with E-state index in [4.69, 9.17) is 14.4 Å². The Bertz CT molecular complexity index is 2960. The van der Waals surface area contributed by atoms with Gasteiger partial charge in [-0.25, -0.2) is 9.97 Å². The van der Waals surface area contributed by atoms with Gasteiger partial charge in [-0.3, -0.25) is 4.40 Å². The summed E-state index contributed by atoms with van der Waals surface area (Å²) in [5.41, 5.74) is 10.1. The van der Waals surface area contributed by atoms with Gasteiger partial charge in [0.25, 0.3) is 0 Å². The van der Waals surface area contributed by atoms with Gasteiger partial charge in [-0.05, 0) is 71.8 Å². The molecule has 0 N–H and O–H groups in total. The highest BCUT2D eigenvalue weighted by Crippen LogP contribution is 2.45. The first-order valence-corrected chi connectivity index (χ1v) is 15.2. The Morgan fingerprint density at radius 2 is 1.26 bits per heavy atom. The van der Waals surface area contributed by atoms with Crippen molar-refractivity contribution >= 4 is 103 Å². The Kier molecular flexibility index (Phi) is 3.94. The van der Waals surface area contributed by atoms with Crippen LogP contribution in [-0.4, -0.2) is 14.4 Å². The second-order valence-electron chi connectivity index (χ2n) is 11.4. The Morgan fingerprint density at radius 1 is 0.512 bits per heavy atom. The minimum Gasteiger partial charge on any atom is -0.456 e. The topological polar surface area (TPSA) is 43.3 Å². The van der Waals surface area contributed by atoms with E-state index in [1.807, 2.05) is 41.7 Å². The molecule has 6 aromatic carbocycles. The van der Waals surface area contributed by atoms with Gasteiger partial charge in [0.2, 0.25) is 0 Å². The number of fused-ring (bicyclic) bond motifs is 13. The van der Waals surface area contributed by atoms with Gasteiger partial charge >= 0.3 is 0 Å². The van der Waals surface area contributed by atoms with E-state index in [2.05, 4.69) is 89.3 Å². The third-order valence-electron chi connectivity index (χ3n) is 9.09. The highest BCUT2D eigenvalue weighted by Gasteiger charge is 2.22. The van der Waals surface area contributed by atoms with E-state index in [0.29, 0.717) is 0 Å². The second kappa shape index (κ2) is 7.65. The molecule has 0 aliphatic carbocycles. The van der Waals surface area contributed by atoms with Crippen molar-refractivity contribution in [3.8, 4) is 11.1 Å². The number of rotatable bonds is 1. The first-order valence-electron chi connectivity index (χ1n) is 14.4. The van der Waals surface area contributed by atoms with Crippen molar-refractivity contribution in [2.24, 2.45) is 0 Å². The van der Waals surface area contributed by atoms with Crippen LogP contribution in [0.3, 0.4) is 0 Å². The first-order chi connectivity index (χ1) is 21.3. The number of thiophene rings is 1. The van der Waals surface area contributed by atoms with Crippen LogP contribution in [0, 0.1) is 0 Å². The number of hydrogen-bond acceptors (Lipinski definition) is 4. The van der Waals surface area contributed by atoms with E-state index in [1.165, 1.54) is 42.0 Å². The van der Waals surface area contributed by atoms with E-state index in [-0.39, 0.29) is 0 Å². The molecule has 198 valence electrons. The number of benzene rings is 6. The fourth-order valence-electron chi connectivity index (χ4n) is 7.16. The average molecular weight is 566 g/mol. The average Bonchev–Trinajstić information content (AvgIpc) is 3.78. The molecule has 0 bridgehead atoms. The SMILES string of the molecule is c1ccc2nc3c(nc2c1)c1cc(-c2ccc4oc5ccccc5c4c2)cc2c4cc5c(cc4n3c21)sc1ccccc15. The maximum atomic E-state index is 6.15. The first kappa shape index (κ1) is 22.1. The van der Waals surface area contributed by atoms with E-state index in [0.717, 1.165) is 60.6 Å². The maximum absolute atomic E-state index is 6.15. The lowest BCUT2D eigenvalue weighted by Crippen LogP contribution is -1.88. The summed E-state index contributed by atoms with van der Waals surface area (Å²) in [6.07, 6.45) is 0. The molecule has 43 heavy (non-hydrogen) atoms. The number of furan rings is 1. The summed E-state index contributed by atoms with van der Waals surface area (Å²) in [5.74, 6) is 0. The van der Waals surface area contributed by atoms with Gasteiger partial charge in [-0.2, -0.15) is 0 Å². The molecule has 5 heteroatoms. The summed E-state index contributed by atoms with van der Waals surface area (Å²) < 4.78 is 11.1. The van der Waals surface area contributed by atoms with E-state index >= 15 is 0 Å². The Morgan fingerprint density at radius 3 is 2.19 bits per heavy atom. The summed E-state index contributed by atoms with van der Waals surface area (Å²) in [6, 6.07) is 41.1. The number of para-hydroxylation sites is 3. The summed E-state index contributed by atoms with van der Waals surface area (Å²) in [4.78, 5) is 10.4. The van der Waals surface area contributed by atoms with Crippen molar-refractivity contribution in [3.05, 3.63) is 115 Å². The molecule has 0 fully saturated rings. The molecular formula is C38H19N3OS. The van der Waals surface area contributed by atoms with Gasteiger partial charge in [0.05, 0.1) is 22.1 Å². The highest BCUT2D eigenvalue weighted by atomic mass is 32.1. The zero-order valence-electron chi connectivity index (χ0n) is 22.6. The van der Waals surface area contributed by atoms with Crippen LogP contribution in [0.5, 0.6) is 0 Å². The van der Waals surface area contributed by atoms with Gasteiger partial charge in [0.15, 0.2) is 5.65 Å². The minimum absolute atomic E-state index is 0.904. The molecule has 0 saturated heterocycles. The third kappa shape index (κ3) is 2.80. The summed E-state index contributed by atoms with van der Waals surface area (Å²) >= 11 is 1.85. The third-order valence-corrected chi connectivity index (χ3v) is 10.2. The quantitative estimate of drug-likeness (QED) is 0.199. The molecule has 11 aromatic rings. The fraction of sp³-hybridized carbons (Fsp3) is 0. The van der Waals surface area contributed by atoms with E-state index in [1.54, 1.807) is 0 Å². The molecular weight excluding hydrogens is 547 g/mol. The molecule has 5 aromatic heterocycles. The van der Waals surface area contributed by atoms with E-state index < -0.39 is 0 Å². The van der Waals surface area contributed by atoms with Gasteiger partial charge < -0.3 is 4.42 Å². The number of aromatic nitrogens is 3. The normalized spacial score (nSPS) is 12.7. The van der Waals surface area contributed by atoms with Gasteiger partial charge in [0.1, 0.15) is 16.7 Å². The van der Waals surface area contributed by atoms with Crippen molar-refractivity contribution in [3.63, 3.8) is 0 Å². The van der Waals surface area contributed by atoms with Crippen LogP contribution in [0.25, 0.3) is 103 Å². The molecule has 0 unspecified atom stereocenters. The molecule has 4 nitrogen and oxygen atoms in total. The summed E-state index contributed by atoms with van der Waals surface area (Å²) in [6.45, 7) is 0. The number of hydrogen-bond donors (Lipinski definition) is 0. The summed E-state index contributed by atoms with van der Waals surface area (Å²) in [5, 5.41) is 8.46. The lowest BCUT2D eigenvalue weighted by Gasteiger charge is -2.05. The molecule has 0 radical (unpaired) electrons. The van der Waals surface area contributed by atoms with E-state index in [9.17, 15) is 0 Å². The molecule has 11 rings (SSSR count). The zero-order chi connectivity index (χ0) is 27.8. The molecule has 0 saturated carbocycles. The van der Waals surface area contributed by atoms with Crippen molar-refractivity contribution in [1.82, 2.24) is 14.4 Å². The van der Waals surface area contributed by atoms with Gasteiger partial charge in [-0.15, -0.1) is 11.3 Å². The molecule has 0 atom stereocenters. The van der Waals surface area contributed by atoms with Crippen LogP contribution in [0.4, 0.5) is 0 Å². The van der Waals surface area contributed by atoms with Crippen LogP contribution in [0.1, 0.15) is 0 Å². The smallest absolute Gasteiger partial charge is 0.165 e. The second-order valence-corrected chi connectivity index (χ2v) is 12.5. The largest absolute Gasteiger partial charge is 0.456 e. The highest BCUT2D eigenvalue weighted by molar-refractivity contribution is 7.25. The Labute approximate surface area is 247 Å². The van der Waals surface area contributed by atoms with Crippen molar-refractivity contribution in [2.75, 3.05) is 0 Å². The molecule has 5 heterocycles. The van der Waals surface area contributed by atoms with Crippen LogP contribution in [0.15, 0.2) is 120 Å². The van der Waals surface area contributed by atoms with Crippen LogP contribution < -0.4 is 0 Å². The monoisotopic (exact) mass is 565 g/mol. The lowest BCUT2D eigenvalue weighted by molar-refractivity contribution is 0.669. The van der Waals surface area contributed by atoms with Crippen molar-refractivity contribution in [1.29, 1.82) is 0 Å². The molecule has 0 spiro atoms. The van der Waals surface area contributed by atoms with Crippen molar-refractivity contribution in [2.45, 2.75) is 0 Å². The Hall–Kier alpha value is -5.52. The van der Waals surface area contributed by atoms with Gasteiger partial charge in [0, 0.05) is 47.1 Å². The molecule has 0 aliphatic heterocycles. The van der Waals surface area contributed by atoms with Crippen LogP contribution >= 0.6 is 11.3 Å². The lowest BCUT2D eigenvalue weighted by atomic mass is 9.98. The zero-order valence-corrected chi connectivity index (χ0v) is 23.4. The molecule has 0 amide bonds. The van der Waals surface area contributed by atoms with Crippen LogP contribution in [0.2, 0.25) is 0 Å². The van der Waals surface area contributed by atoms with Crippen LogP contribution in [-0.2, 0) is 0 Å². The predicted molar refractivity (Wildman–Crippen MR) is 180 cm³/mol. The molecule has 0 aliphatic rings. The standard InChI is InChI=1S/C38H19N3OS/c1-5-11-32-22(7-1)25-15-20(13-14-33(25)42-32)21-16-27-24-18-26-23-8-2-6-12-34(23)43-35(26)19-31(24)41-37(27)28(17-21)36-38(41)40-30-10-4-3-9-29(30)39-36/h1-19H. The predicted octanol–water partition coefficient (Wildman–Crippen LogP) is 10.7. The maximum Gasteiger partial charge on any atom is 0.165 e. The fourth-order valence-corrected chi connectivity index (χ4v) is 8.28. The minimum atomic E-state index is 0.904. The Balaban J connectivity index is 1.32. The number of nitrogens with zero attached hydrogens (tertiary/aromatic N) is 3. The van der Waals surface area contributed by atoms with Crippen molar-refractivity contribution < 1.29 is 4.42 Å². The summed E-state index contributed by atoms with van der Waals surface area (Å²) in [7, 11) is 0. The van der Waals surface area contributed by atoms with Gasteiger partial charge in [-0.1, -0.05) is 54.6 Å².